The van der Waals surface area contributed by atoms with Crippen LogP contribution in [0.25, 0.3) is 5.76 Å². The number of fused-ring (bicyclic) bond motifs is 1. The van der Waals surface area contributed by atoms with E-state index >= 15 is 0 Å². The number of Topliss-reactive ketones (excluding diaryl/α,β-unsaturated/α-hetero) is 1. The monoisotopic (exact) mass is 522 g/mol. The summed E-state index contributed by atoms with van der Waals surface area (Å²) in [5.74, 6) is -2.59. The van der Waals surface area contributed by atoms with E-state index in [1.54, 1.807) is 32.0 Å². The molecule has 0 spiro atoms. The van der Waals surface area contributed by atoms with Gasteiger partial charge in [-0.25, -0.2) is 14.2 Å². The molecule has 1 fully saturated rings. The number of ketones is 1. The molecule has 1 saturated heterocycles. The molecule has 1 aromatic heterocycles. The molecule has 2 aliphatic rings. The van der Waals surface area contributed by atoms with E-state index in [1.807, 2.05) is 6.92 Å². The molecule has 190 valence electrons. The fourth-order valence-corrected chi connectivity index (χ4v) is 5.57. The molecule has 3 aromatic rings. The van der Waals surface area contributed by atoms with Gasteiger partial charge in [0.2, 0.25) is 0 Å². The van der Waals surface area contributed by atoms with E-state index in [-0.39, 0.29) is 34.1 Å². The number of carbonyl (C=O) groups is 3. The summed E-state index contributed by atoms with van der Waals surface area (Å²) in [4.78, 5) is 44.8. The lowest BCUT2D eigenvalue weighted by Gasteiger charge is -2.23. The van der Waals surface area contributed by atoms with Crippen LogP contribution in [0.5, 0.6) is 5.75 Å². The van der Waals surface area contributed by atoms with Gasteiger partial charge < -0.3 is 14.6 Å². The average Bonchev–Trinajstić information content (AvgIpc) is 3.51. The lowest BCUT2D eigenvalue weighted by atomic mass is 9.94. The van der Waals surface area contributed by atoms with Crippen LogP contribution in [0.4, 0.5) is 9.52 Å². The van der Waals surface area contributed by atoms with Crippen LogP contribution in [0, 0.1) is 12.7 Å². The third kappa shape index (κ3) is 4.27. The van der Waals surface area contributed by atoms with Crippen molar-refractivity contribution >= 4 is 39.9 Å². The molecule has 0 aliphatic carbocycles. The van der Waals surface area contributed by atoms with Crippen molar-refractivity contribution in [2.75, 3.05) is 11.5 Å². The van der Waals surface area contributed by atoms with Gasteiger partial charge in [-0.15, -0.1) is 0 Å². The minimum Gasteiger partial charge on any atom is -0.507 e. The fraction of sp³-hybridized carbons (Fsp3) is 0.259. The van der Waals surface area contributed by atoms with Gasteiger partial charge in [0.05, 0.1) is 23.9 Å². The molecule has 2 unspecified atom stereocenters. The van der Waals surface area contributed by atoms with Crippen molar-refractivity contribution in [3.63, 3.8) is 0 Å². The number of aliphatic hydroxyl groups excluding tert-OH is 1. The number of benzene rings is 2. The Balaban J connectivity index is 1.66. The Labute approximate surface area is 216 Å². The Hall–Kier alpha value is -4.05. The van der Waals surface area contributed by atoms with Gasteiger partial charge >= 0.3 is 11.9 Å². The van der Waals surface area contributed by atoms with Crippen molar-refractivity contribution in [1.29, 1.82) is 0 Å². The van der Waals surface area contributed by atoms with E-state index in [0.29, 0.717) is 29.0 Å². The van der Waals surface area contributed by atoms with E-state index in [0.717, 1.165) is 21.8 Å². The zero-order valence-corrected chi connectivity index (χ0v) is 21.1. The topological polar surface area (TPSA) is 106 Å². The maximum atomic E-state index is 13.8. The molecule has 2 aromatic carbocycles. The van der Waals surface area contributed by atoms with Crippen LogP contribution >= 0.6 is 11.3 Å². The van der Waals surface area contributed by atoms with Crippen LogP contribution in [0.3, 0.4) is 0 Å². The zero-order valence-electron chi connectivity index (χ0n) is 20.3. The Morgan fingerprint density at radius 3 is 2.68 bits per heavy atom. The maximum absolute atomic E-state index is 13.8. The molecule has 0 radical (unpaired) electrons. The van der Waals surface area contributed by atoms with Crippen LogP contribution in [-0.2, 0) is 20.7 Å². The molecule has 37 heavy (non-hydrogen) atoms. The first-order valence-electron chi connectivity index (χ1n) is 11.7. The van der Waals surface area contributed by atoms with Crippen molar-refractivity contribution in [3.8, 4) is 5.75 Å². The Kier molecular flexibility index (Phi) is 6.28. The van der Waals surface area contributed by atoms with Gasteiger partial charge in [0, 0.05) is 12.0 Å². The number of carbonyl (C=O) groups excluding carboxylic acids is 3. The van der Waals surface area contributed by atoms with E-state index in [4.69, 9.17) is 9.47 Å². The highest BCUT2D eigenvalue weighted by molar-refractivity contribution is 7.17. The van der Waals surface area contributed by atoms with Crippen LogP contribution in [0.1, 0.15) is 51.9 Å². The van der Waals surface area contributed by atoms with E-state index in [2.05, 4.69) is 4.98 Å². The molecule has 0 bridgehead atoms. The first-order valence-corrected chi connectivity index (χ1v) is 12.5. The SMILES string of the molecule is CCOC(=O)c1sc(N2C(=O)C(=O)/C(=C(/O)c3ccc4c(c3)CC(C)O4)C2c2ccc(F)cc2)nc1C. The Bertz CT molecular complexity index is 1460. The standard InChI is InChI=1S/C27H23FN2O6S/c1-4-35-26(34)24-14(3)29-27(37-24)30-21(15-5-8-18(28)9-6-15)20(23(32)25(30)33)22(31)16-7-10-19-17(12-16)11-13(2)36-19/h5-10,12-13,21,31H,4,11H2,1-3H3/b22-20+. The molecule has 2 atom stereocenters. The van der Waals surface area contributed by atoms with Gasteiger partial charge in [-0.05, 0) is 62.2 Å². The van der Waals surface area contributed by atoms with Gasteiger partial charge in [0.1, 0.15) is 28.3 Å². The third-order valence-electron chi connectivity index (χ3n) is 6.25. The van der Waals surface area contributed by atoms with Crippen LogP contribution < -0.4 is 9.64 Å². The van der Waals surface area contributed by atoms with E-state index in [9.17, 15) is 23.9 Å². The highest BCUT2D eigenvalue weighted by atomic mass is 32.1. The minimum absolute atomic E-state index is 0.0149. The molecule has 10 heteroatoms. The molecule has 1 N–H and O–H groups in total. The Morgan fingerprint density at radius 2 is 1.97 bits per heavy atom. The molecule has 5 rings (SSSR count). The van der Waals surface area contributed by atoms with Crippen molar-refractivity contribution in [2.24, 2.45) is 0 Å². The summed E-state index contributed by atoms with van der Waals surface area (Å²) in [6.45, 7) is 5.37. The van der Waals surface area contributed by atoms with Gasteiger partial charge in [0.25, 0.3) is 5.78 Å². The number of rotatable bonds is 5. The summed E-state index contributed by atoms with van der Waals surface area (Å²) in [7, 11) is 0. The van der Waals surface area contributed by atoms with Gasteiger partial charge in [-0.3, -0.25) is 14.5 Å². The average molecular weight is 523 g/mol. The zero-order chi connectivity index (χ0) is 26.4. The van der Waals surface area contributed by atoms with Crippen LogP contribution in [-0.4, -0.2) is 40.5 Å². The normalized spacial score (nSPS) is 20.2. The minimum atomic E-state index is -1.09. The smallest absolute Gasteiger partial charge is 0.350 e. The lowest BCUT2D eigenvalue weighted by molar-refractivity contribution is -0.132. The summed E-state index contributed by atoms with van der Waals surface area (Å²) in [5.41, 5.74) is 1.80. The second-order valence-electron chi connectivity index (χ2n) is 8.81. The number of halogens is 1. The van der Waals surface area contributed by atoms with Gasteiger partial charge in [0.15, 0.2) is 5.13 Å². The summed E-state index contributed by atoms with van der Waals surface area (Å²) in [6.07, 6.45) is 0.625. The number of aliphatic hydroxyl groups is 1. The maximum Gasteiger partial charge on any atom is 0.350 e. The van der Waals surface area contributed by atoms with Gasteiger partial charge in [-0.2, -0.15) is 0 Å². The second-order valence-corrected chi connectivity index (χ2v) is 9.78. The largest absolute Gasteiger partial charge is 0.507 e. The predicted octanol–water partition coefficient (Wildman–Crippen LogP) is 4.72. The molecule has 0 saturated carbocycles. The number of aromatic nitrogens is 1. The highest BCUT2D eigenvalue weighted by Gasteiger charge is 2.48. The number of nitrogens with zero attached hydrogens (tertiary/aromatic N) is 2. The molecule has 3 heterocycles. The summed E-state index contributed by atoms with van der Waals surface area (Å²) in [6, 6.07) is 9.27. The van der Waals surface area contributed by atoms with Gasteiger partial charge in [-0.1, -0.05) is 23.5 Å². The number of thiazole rings is 1. The number of ether oxygens (including phenoxy) is 2. The number of hydrogen-bond donors (Lipinski definition) is 1. The fourth-order valence-electron chi connectivity index (χ4n) is 4.59. The molecular formula is C27H23FN2O6S. The van der Waals surface area contributed by atoms with Crippen molar-refractivity contribution in [1.82, 2.24) is 4.98 Å². The quantitative estimate of drug-likeness (QED) is 0.224. The third-order valence-corrected chi connectivity index (χ3v) is 7.39. The predicted molar refractivity (Wildman–Crippen MR) is 134 cm³/mol. The number of esters is 1. The molecule has 8 nitrogen and oxygen atoms in total. The number of hydrogen-bond acceptors (Lipinski definition) is 8. The van der Waals surface area contributed by atoms with Crippen molar-refractivity contribution in [3.05, 3.63) is 81.1 Å². The van der Waals surface area contributed by atoms with Crippen molar-refractivity contribution < 1.29 is 33.4 Å². The second kappa shape index (κ2) is 9.44. The van der Waals surface area contributed by atoms with E-state index in [1.165, 1.54) is 24.3 Å². The molecular weight excluding hydrogens is 499 g/mol. The molecule has 1 amide bonds. The summed E-state index contributed by atoms with van der Waals surface area (Å²) < 4.78 is 24.6. The Morgan fingerprint density at radius 1 is 1.24 bits per heavy atom. The number of anilines is 1. The lowest BCUT2D eigenvalue weighted by Crippen LogP contribution is -2.29. The highest BCUT2D eigenvalue weighted by Crippen LogP contribution is 2.44. The number of amides is 1. The number of aryl methyl sites for hydroxylation is 1. The van der Waals surface area contributed by atoms with Crippen LogP contribution in [0.15, 0.2) is 48.0 Å². The summed E-state index contributed by atoms with van der Waals surface area (Å²) >= 11 is 0.911. The first-order chi connectivity index (χ1) is 17.7. The van der Waals surface area contributed by atoms with E-state index < -0.39 is 29.5 Å². The van der Waals surface area contributed by atoms with Crippen molar-refractivity contribution in [2.45, 2.75) is 39.3 Å². The summed E-state index contributed by atoms with van der Waals surface area (Å²) in [5, 5.41) is 11.4. The van der Waals surface area contributed by atoms with Crippen LogP contribution in [0.2, 0.25) is 0 Å². The first kappa shape index (κ1) is 24.6. The molecule has 2 aliphatic heterocycles.